The first-order valence-electron chi connectivity index (χ1n) is 8.53. The number of rotatable bonds is 14. The van der Waals surface area contributed by atoms with E-state index in [-0.39, 0.29) is 0 Å². The van der Waals surface area contributed by atoms with Crippen LogP contribution >= 0.6 is 0 Å². The lowest BCUT2D eigenvalue weighted by Gasteiger charge is -2.02. The van der Waals surface area contributed by atoms with E-state index < -0.39 is 0 Å². The largest absolute Gasteiger partial charge is 0.0917 e. The number of hydrogen-bond donors (Lipinski definition) is 0. The van der Waals surface area contributed by atoms with Crippen molar-refractivity contribution in [2.24, 2.45) is 0 Å². The molecular formula is C18H36. The Balaban J connectivity index is 2.90. The first kappa shape index (κ1) is 17.7. The van der Waals surface area contributed by atoms with Crippen molar-refractivity contribution in [1.29, 1.82) is 0 Å². The summed E-state index contributed by atoms with van der Waals surface area (Å²) in [6, 6.07) is 0. The van der Waals surface area contributed by atoms with Gasteiger partial charge in [0.1, 0.15) is 0 Å². The molecule has 0 radical (unpaired) electrons. The highest BCUT2D eigenvalue weighted by atomic mass is 14.0. The average Bonchev–Trinajstić information content (AvgIpc) is 2.39. The molecule has 0 aromatic carbocycles. The van der Waals surface area contributed by atoms with Crippen LogP contribution in [-0.2, 0) is 0 Å². The van der Waals surface area contributed by atoms with Gasteiger partial charge in [-0.3, -0.25) is 0 Å². The zero-order chi connectivity index (χ0) is 13.3. The van der Waals surface area contributed by atoms with Crippen LogP contribution in [0.1, 0.15) is 104 Å². The van der Waals surface area contributed by atoms with Gasteiger partial charge in [-0.25, -0.2) is 0 Å². The van der Waals surface area contributed by atoms with E-state index in [4.69, 9.17) is 0 Å². The van der Waals surface area contributed by atoms with Crippen LogP contribution in [0.15, 0.2) is 12.2 Å². The molecule has 0 saturated heterocycles. The smallest absolute Gasteiger partial charge is 0.0351 e. The molecule has 0 heterocycles. The standard InChI is InChI=1S/C18H36/c1-3-5-7-9-11-13-15-17-18-16-14-12-10-8-6-4-2/h3,5H,4,6-18H2,1-2H3. The van der Waals surface area contributed by atoms with E-state index in [0.717, 1.165) is 0 Å². The van der Waals surface area contributed by atoms with Gasteiger partial charge >= 0.3 is 0 Å². The molecule has 18 heavy (non-hydrogen) atoms. The average molecular weight is 252 g/mol. The molecule has 0 bridgehead atoms. The van der Waals surface area contributed by atoms with Gasteiger partial charge in [-0.2, -0.15) is 0 Å². The molecule has 0 atom stereocenters. The molecule has 0 N–H and O–H groups in total. The van der Waals surface area contributed by atoms with Crippen molar-refractivity contribution in [1.82, 2.24) is 0 Å². The van der Waals surface area contributed by atoms with Gasteiger partial charge in [0.2, 0.25) is 0 Å². The molecule has 0 aromatic heterocycles. The zero-order valence-electron chi connectivity index (χ0n) is 13.1. The minimum Gasteiger partial charge on any atom is -0.0917 e. The molecule has 0 aliphatic rings. The SMILES string of the molecule is CC=CCCCCCCCCCCCCCCC. The molecule has 0 heteroatoms. The predicted octanol–water partition coefficient (Wildman–Crippen LogP) is 7.04. The summed E-state index contributed by atoms with van der Waals surface area (Å²) in [4.78, 5) is 0. The highest BCUT2D eigenvalue weighted by Gasteiger charge is 1.93. The van der Waals surface area contributed by atoms with Gasteiger partial charge in [0.05, 0.1) is 0 Å². The van der Waals surface area contributed by atoms with Gasteiger partial charge < -0.3 is 0 Å². The van der Waals surface area contributed by atoms with Crippen molar-refractivity contribution in [2.45, 2.75) is 104 Å². The van der Waals surface area contributed by atoms with Crippen LogP contribution in [0, 0.1) is 0 Å². The van der Waals surface area contributed by atoms with Gasteiger partial charge in [-0.1, -0.05) is 96.1 Å². The highest BCUT2D eigenvalue weighted by molar-refractivity contribution is 4.76. The summed E-state index contributed by atoms with van der Waals surface area (Å²) in [5.74, 6) is 0. The minimum atomic E-state index is 1.29. The van der Waals surface area contributed by atoms with E-state index in [1.165, 1.54) is 89.9 Å². The van der Waals surface area contributed by atoms with Crippen LogP contribution in [0.3, 0.4) is 0 Å². The third-order valence-electron chi connectivity index (χ3n) is 3.71. The van der Waals surface area contributed by atoms with Crippen LogP contribution in [0.4, 0.5) is 0 Å². The van der Waals surface area contributed by atoms with Crippen LogP contribution in [0.2, 0.25) is 0 Å². The fraction of sp³-hybridized carbons (Fsp3) is 0.889. The molecular weight excluding hydrogens is 216 g/mol. The first-order valence-corrected chi connectivity index (χ1v) is 8.53. The second-order valence-electron chi connectivity index (χ2n) is 5.60. The monoisotopic (exact) mass is 252 g/mol. The Morgan fingerprint density at radius 1 is 0.556 bits per heavy atom. The topological polar surface area (TPSA) is 0 Å². The maximum atomic E-state index is 2.29. The van der Waals surface area contributed by atoms with Gasteiger partial charge in [0, 0.05) is 0 Å². The number of allylic oxidation sites excluding steroid dienone is 2. The third-order valence-corrected chi connectivity index (χ3v) is 3.71. The molecule has 0 saturated carbocycles. The van der Waals surface area contributed by atoms with E-state index in [0.29, 0.717) is 0 Å². The van der Waals surface area contributed by atoms with Crippen LogP contribution in [-0.4, -0.2) is 0 Å². The van der Waals surface area contributed by atoms with E-state index >= 15 is 0 Å². The molecule has 0 nitrogen and oxygen atoms in total. The maximum Gasteiger partial charge on any atom is -0.0351 e. The van der Waals surface area contributed by atoms with Crippen molar-refractivity contribution in [3.63, 3.8) is 0 Å². The predicted molar refractivity (Wildman–Crippen MR) is 85.1 cm³/mol. The lowest BCUT2D eigenvalue weighted by atomic mass is 10.0. The summed E-state index contributed by atoms with van der Waals surface area (Å²) in [6.07, 6.45) is 24.6. The molecule has 0 unspecified atom stereocenters. The minimum absolute atomic E-state index is 1.29. The first-order chi connectivity index (χ1) is 8.91. The highest BCUT2D eigenvalue weighted by Crippen LogP contribution is 2.12. The molecule has 0 aromatic rings. The lowest BCUT2D eigenvalue weighted by molar-refractivity contribution is 0.540. The molecule has 0 rings (SSSR count). The van der Waals surface area contributed by atoms with E-state index in [2.05, 4.69) is 26.0 Å². The van der Waals surface area contributed by atoms with Crippen molar-refractivity contribution in [3.8, 4) is 0 Å². The summed E-state index contributed by atoms with van der Waals surface area (Å²) < 4.78 is 0. The van der Waals surface area contributed by atoms with Crippen LogP contribution in [0.25, 0.3) is 0 Å². The summed E-state index contributed by atoms with van der Waals surface area (Å²) in [6.45, 7) is 4.40. The van der Waals surface area contributed by atoms with E-state index in [1.807, 2.05) is 0 Å². The van der Waals surface area contributed by atoms with E-state index in [1.54, 1.807) is 0 Å². The van der Waals surface area contributed by atoms with Gasteiger partial charge in [-0.15, -0.1) is 0 Å². The molecule has 0 aliphatic carbocycles. The van der Waals surface area contributed by atoms with Crippen molar-refractivity contribution in [3.05, 3.63) is 12.2 Å². The second-order valence-corrected chi connectivity index (χ2v) is 5.60. The lowest BCUT2D eigenvalue weighted by Crippen LogP contribution is -1.82. The van der Waals surface area contributed by atoms with Gasteiger partial charge in [0.25, 0.3) is 0 Å². The Morgan fingerprint density at radius 2 is 0.944 bits per heavy atom. The third kappa shape index (κ3) is 15.7. The fourth-order valence-corrected chi connectivity index (χ4v) is 2.45. The van der Waals surface area contributed by atoms with Gasteiger partial charge in [0.15, 0.2) is 0 Å². The van der Waals surface area contributed by atoms with Crippen LogP contribution < -0.4 is 0 Å². The molecule has 0 amide bonds. The quantitative estimate of drug-likeness (QED) is 0.230. The zero-order valence-corrected chi connectivity index (χ0v) is 13.1. The fourth-order valence-electron chi connectivity index (χ4n) is 2.45. The number of hydrogen-bond acceptors (Lipinski definition) is 0. The Hall–Kier alpha value is -0.260. The second kappa shape index (κ2) is 16.7. The van der Waals surface area contributed by atoms with Crippen molar-refractivity contribution >= 4 is 0 Å². The molecule has 0 aliphatic heterocycles. The number of unbranched alkanes of at least 4 members (excludes halogenated alkanes) is 13. The molecule has 108 valence electrons. The van der Waals surface area contributed by atoms with Crippen molar-refractivity contribution in [2.75, 3.05) is 0 Å². The Morgan fingerprint density at radius 3 is 1.33 bits per heavy atom. The van der Waals surface area contributed by atoms with Crippen molar-refractivity contribution < 1.29 is 0 Å². The van der Waals surface area contributed by atoms with Gasteiger partial charge in [-0.05, 0) is 19.8 Å². The normalized spacial score (nSPS) is 11.4. The van der Waals surface area contributed by atoms with E-state index in [9.17, 15) is 0 Å². The van der Waals surface area contributed by atoms with Crippen LogP contribution in [0.5, 0.6) is 0 Å². The Bertz CT molecular complexity index is 157. The Kier molecular flexibility index (Phi) is 16.5. The molecule has 0 spiro atoms. The Labute approximate surface area is 116 Å². The molecule has 0 fully saturated rings. The summed E-state index contributed by atoms with van der Waals surface area (Å²) in [7, 11) is 0. The maximum absolute atomic E-state index is 2.29. The summed E-state index contributed by atoms with van der Waals surface area (Å²) >= 11 is 0. The summed E-state index contributed by atoms with van der Waals surface area (Å²) in [5, 5.41) is 0. The summed E-state index contributed by atoms with van der Waals surface area (Å²) in [5.41, 5.74) is 0.